The van der Waals surface area contributed by atoms with Crippen molar-refractivity contribution >= 4 is 0 Å². The molecule has 0 atom stereocenters. The molecule has 0 aliphatic carbocycles. The van der Waals surface area contributed by atoms with Crippen LogP contribution in [0.4, 0.5) is 0 Å². The topological polar surface area (TPSA) is 47.7 Å². The Balaban J connectivity index is 1.57. The van der Waals surface area contributed by atoms with Crippen molar-refractivity contribution in [3.63, 3.8) is 0 Å². The lowest BCUT2D eigenvalue weighted by Crippen LogP contribution is -2.15. The lowest BCUT2D eigenvalue weighted by Gasteiger charge is -2.05. The fraction of sp³-hybridized carbons (Fsp3) is 0.538. The van der Waals surface area contributed by atoms with Gasteiger partial charge in [0.05, 0.1) is 12.5 Å². The normalized spacial score (nSPS) is 11.0. The van der Waals surface area contributed by atoms with Crippen molar-refractivity contribution < 1.29 is 0 Å². The summed E-state index contributed by atoms with van der Waals surface area (Å²) in [5, 5.41) is 7.69. The number of aromatic nitrogens is 4. The number of aryl methyl sites for hydroxylation is 2. The molecule has 1 N–H and O–H groups in total. The largest absolute Gasteiger partial charge is 0.337 e. The summed E-state index contributed by atoms with van der Waals surface area (Å²) in [4.78, 5) is 4.03. The predicted molar refractivity (Wildman–Crippen MR) is 71.1 cm³/mol. The van der Waals surface area contributed by atoms with Crippen molar-refractivity contribution in [2.24, 2.45) is 7.05 Å². The molecule has 0 fully saturated rings. The second-order valence-corrected chi connectivity index (χ2v) is 4.56. The van der Waals surface area contributed by atoms with Crippen molar-refractivity contribution in [3.05, 3.63) is 36.2 Å². The Morgan fingerprint density at radius 2 is 2.22 bits per heavy atom. The maximum absolute atomic E-state index is 4.23. The fourth-order valence-corrected chi connectivity index (χ4v) is 1.90. The minimum Gasteiger partial charge on any atom is -0.337 e. The average Bonchev–Trinajstić information content (AvgIpc) is 2.98. The summed E-state index contributed by atoms with van der Waals surface area (Å²) < 4.78 is 4.03. The van der Waals surface area contributed by atoms with E-state index in [1.54, 1.807) is 0 Å². The molecule has 0 spiro atoms. The molecule has 18 heavy (non-hydrogen) atoms. The molecule has 2 rings (SSSR count). The Hall–Kier alpha value is -1.62. The summed E-state index contributed by atoms with van der Waals surface area (Å²) in [6, 6.07) is 0. The molecule has 5 heteroatoms. The van der Waals surface area contributed by atoms with E-state index in [-0.39, 0.29) is 0 Å². The van der Waals surface area contributed by atoms with Gasteiger partial charge in [-0.25, -0.2) is 4.98 Å². The zero-order chi connectivity index (χ0) is 12.8. The Morgan fingerprint density at radius 3 is 2.89 bits per heavy atom. The van der Waals surface area contributed by atoms with Crippen LogP contribution in [-0.4, -0.2) is 25.9 Å². The third-order valence-electron chi connectivity index (χ3n) is 3.23. The van der Waals surface area contributed by atoms with Crippen LogP contribution in [0.1, 0.15) is 24.1 Å². The Bertz CT molecular complexity index is 458. The van der Waals surface area contributed by atoms with Crippen molar-refractivity contribution in [2.75, 3.05) is 6.54 Å². The molecule has 0 aliphatic heterocycles. The smallest absolute Gasteiger partial charge is 0.0945 e. The first-order valence-corrected chi connectivity index (χ1v) is 6.41. The van der Waals surface area contributed by atoms with Gasteiger partial charge < -0.3 is 9.88 Å². The minimum atomic E-state index is 0.907. The fourth-order valence-electron chi connectivity index (χ4n) is 1.90. The van der Waals surface area contributed by atoms with E-state index in [1.807, 2.05) is 36.6 Å². The number of nitrogens with zero attached hydrogens (tertiary/aromatic N) is 4. The summed E-state index contributed by atoms with van der Waals surface area (Å²) >= 11 is 0. The molecule has 2 heterocycles. The molecule has 0 aliphatic rings. The summed E-state index contributed by atoms with van der Waals surface area (Å²) in [6.45, 7) is 5.10. The molecule has 0 amide bonds. The van der Waals surface area contributed by atoms with Crippen molar-refractivity contribution in [2.45, 2.75) is 32.9 Å². The number of imidazole rings is 1. The van der Waals surface area contributed by atoms with E-state index >= 15 is 0 Å². The lowest BCUT2D eigenvalue weighted by molar-refractivity contribution is 0.567. The molecular formula is C13H21N5. The summed E-state index contributed by atoms with van der Waals surface area (Å²) in [7, 11) is 1.98. The molecule has 0 aromatic carbocycles. The zero-order valence-corrected chi connectivity index (χ0v) is 11.1. The second kappa shape index (κ2) is 6.35. The molecule has 5 nitrogen and oxygen atoms in total. The number of nitrogens with one attached hydrogen (secondary N) is 1. The molecule has 98 valence electrons. The van der Waals surface area contributed by atoms with Crippen LogP contribution in [0.5, 0.6) is 0 Å². The van der Waals surface area contributed by atoms with E-state index < -0.39 is 0 Å². The zero-order valence-electron chi connectivity index (χ0n) is 11.1. The van der Waals surface area contributed by atoms with Crippen molar-refractivity contribution in [1.29, 1.82) is 0 Å². The second-order valence-electron chi connectivity index (χ2n) is 4.56. The van der Waals surface area contributed by atoms with Gasteiger partial charge in [-0.1, -0.05) is 0 Å². The molecule has 2 aromatic rings. The number of hydrogen-bond donors (Lipinski definition) is 1. The van der Waals surface area contributed by atoms with Crippen LogP contribution in [-0.2, 0) is 20.1 Å². The molecule has 2 aromatic heterocycles. The first-order valence-electron chi connectivity index (χ1n) is 6.41. The SMILES string of the molecule is Cc1c(CNCCCCn2ccnc2)cnn1C. The van der Waals surface area contributed by atoms with Gasteiger partial charge in [0.15, 0.2) is 0 Å². The highest BCUT2D eigenvalue weighted by Gasteiger charge is 2.02. The Labute approximate surface area is 108 Å². The van der Waals surface area contributed by atoms with Crippen LogP contribution in [0, 0.1) is 6.92 Å². The average molecular weight is 247 g/mol. The number of unbranched alkanes of at least 4 members (excludes halogenated alkanes) is 1. The Kier molecular flexibility index (Phi) is 4.52. The van der Waals surface area contributed by atoms with Crippen molar-refractivity contribution in [1.82, 2.24) is 24.6 Å². The highest BCUT2D eigenvalue weighted by atomic mass is 15.3. The molecular weight excluding hydrogens is 226 g/mol. The number of hydrogen-bond acceptors (Lipinski definition) is 3. The van der Waals surface area contributed by atoms with E-state index in [0.29, 0.717) is 0 Å². The quantitative estimate of drug-likeness (QED) is 0.754. The van der Waals surface area contributed by atoms with Gasteiger partial charge in [-0.3, -0.25) is 4.68 Å². The van der Waals surface area contributed by atoms with Gasteiger partial charge in [0.2, 0.25) is 0 Å². The van der Waals surface area contributed by atoms with E-state index in [0.717, 1.165) is 19.6 Å². The third-order valence-corrected chi connectivity index (χ3v) is 3.23. The van der Waals surface area contributed by atoms with Gasteiger partial charge in [-0.15, -0.1) is 0 Å². The van der Waals surface area contributed by atoms with Gasteiger partial charge in [0, 0.05) is 43.8 Å². The Morgan fingerprint density at radius 1 is 1.33 bits per heavy atom. The maximum atomic E-state index is 4.23. The summed E-state index contributed by atoms with van der Waals surface area (Å²) in [5.41, 5.74) is 2.52. The van der Waals surface area contributed by atoms with Crippen LogP contribution in [0.15, 0.2) is 24.9 Å². The summed E-state index contributed by atoms with van der Waals surface area (Å²) in [6.07, 6.45) is 9.99. The lowest BCUT2D eigenvalue weighted by atomic mass is 10.2. The number of rotatable bonds is 7. The van der Waals surface area contributed by atoms with Gasteiger partial charge in [0.25, 0.3) is 0 Å². The van der Waals surface area contributed by atoms with E-state index in [9.17, 15) is 0 Å². The summed E-state index contributed by atoms with van der Waals surface area (Å²) in [5.74, 6) is 0. The maximum Gasteiger partial charge on any atom is 0.0945 e. The highest BCUT2D eigenvalue weighted by molar-refractivity contribution is 5.15. The minimum absolute atomic E-state index is 0.907. The van der Waals surface area contributed by atoms with Crippen molar-refractivity contribution in [3.8, 4) is 0 Å². The monoisotopic (exact) mass is 247 g/mol. The van der Waals surface area contributed by atoms with Gasteiger partial charge in [-0.2, -0.15) is 5.10 Å². The highest BCUT2D eigenvalue weighted by Crippen LogP contribution is 2.04. The van der Waals surface area contributed by atoms with E-state index in [1.165, 1.54) is 24.1 Å². The van der Waals surface area contributed by atoms with Gasteiger partial charge in [-0.05, 0) is 26.3 Å². The van der Waals surface area contributed by atoms with E-state index in [2.05, 4.69) is 26.9 Å². The van der Waals surface area contributed by atoms with Crippen LogP contribution in [0.2, 0.25) is 0 Å². The molecule has 0 bridgehead atoms. The molecule has 0 saturated heterocycles. The first-order chi connectivity index (χ1) is 8.77. The van der Waals surface area contributed by atoms with Crippen LogP contribution in [0.25, 0.3) is 0 Å². The molecule has 0 saturated carbocycles. The van der Waals surface area contributed by atoms with Crippen LogP contribution < -0.4 is 5.32 Å². The van der Waals surface area contributed by atoms with Crippen LogP contribution >= 0.6 is 0 Å². The van der Waals surface area contributed by atoms with E-state index in [4.69, 9.17) is 0 Å². The van der Waals surface area contributed by atoms with Gasteiger partial charge in [0.1, 0.15) is 0 Å². The van der Waals surface area contributed by atoms with Gasteiger partial charge >= 0.3 is 0 Å². The third kappa shape index (κ3) is 3.43. The van der Waals surface area contributed by atoms with Crippen LogP contribution in [0.3, 0.4) is 0 Å². The molecule has 0 radical (unpaired) electrons. The predicted octanol–water partition coefficient (Wildman–Crippen LogP) is 1.50. The standard InChI is InChI=1S/C13H21N5/c1-12-13(10-16-17(12)2)9-14-5-3-4-7-18-8-6-15-11-18/h6,8,10-11,14H,3-5,7,9H2,1-2H3. The molecule has 0 unspecified atom stereocenters. The first kappa shape index (κ1) is 12.8.